The van der Waals surface area contributed by atoms with E-state index in [0.717, 1.165) is 21.6 Å². The van der Waals surface area contributed by atoms with Gasteiger partial charge in [0.25, 0.3) is 0 Å². The van der Waals surface area contributed by atoms with Gasteiger partial charge < -0.3 is 10.4 Å². The number of aliphatic hydroxyl groups excluding tert-OH is 1. The minimum absolute atomic E-state index is 0. The first-order valence-corrected chi connectivity index (χ1v) is 6.39. The summed E-state index contributed by atoms with van der Waals surface area (Å²) >= 11 is 7.58. The van der Waals surface area contributed by atoms with E-state index in [1.54, 1.807) is 11.3 Å². The number of hydrogen-bond acceptors (Lipinski definition) is 4. The highest BCUT2D eigenvalue weighted by atomic mass is 35.5. The number of aromatic nitrogens is 1. The van der Waals surface area contributed by atoms with Crippen LogP contribution in [0.4, 0.5) is 0 Å². The monoisotopic (exact) mass is 290 g/mol. The number of aliphatic hydroxyl groups is 1. The number of benzene rings is 1. The number of hydrogen-bond donors (Lipinski definition) is 2. The molecule has 2 atom stereocenters. The smallest absolute Gasteiger partial charge is 0.111 e. The van der Waals surface area contributed by atoms with Gasteiger partial charge in [-0.2, -0.15) is 0 Å². The van der Waals surface area contributed by atoms with Crippen molar-refractivity contribution in [1.29, 1.82) is 0 Å². The number of halogens is 2. The Morgan fingerprint density at radius 1 is 1.47 bits per heavy atom. The SMILES string of the molecule is Cl.O[C@H]1CN[C@H](c2nc3cc(Cl)ccc3s2)C1. The molecule has 2 heterocycles. The summed E-state index contributed by atoms with van der Waals surface area (Å²) in [5, 5.41) is 14.5. The van der Waals surface area contributed by atoms with Crippen LogP contribution in [0.5, 0.6) is 0 Å². The predicted molar refractivity (Wildman–Crippen MR) is 73.2 cm³/mol. The summed E-state index contributed by atoms with van der Waals surface area (Å²) in [6.07, 6.45) is 0.494. The van der Waals surface area contributed by atoms with Gasteiger partial charge in [-0.1, -0.05) is 11.6 Å². The van der Waals surface area contributed by atoms with Crippen LogP contribution in [0.2, 0.25) is 5.02 Å². The Labute approximate surface area is 114 Å². The molecule has 17 heavy (non-hydrogen) atoms. The van der Waals surface area contributed by atoms with Crippen molar-refractivity contribution < 1.29 is 5.11 Å². The molecule has 2 N–H and O–H groups in total. The number of rotatable bonds is 1. The maximum atomic E-state index is 9.47. The van der Waals surface area contributed by atoms with Crippen LogP contribution < -0.4 is 5.32 Å². The Morgan fingerprint density at radius 3 is 3.00 bits per heavy atom. The van der Waals surface area contributed by atoms with Crippen LogP contribution in [0.25, 0.3) is 10.2 Å². The zero-order chi connectivity index (χ0) is 11.1. The van der Waals surface area contributed by atoms with E-state index in [4.69, 9.17) is 11.6 Å². The maximum Gasteiger partial charge on any atom is 0.111 e. The van der Waals surface area contributed by atoms with Crippen LogP contribution in [-0.2, 0) is 0 Å². The molecule has 0 saturated carbocycles. The van der Waals surface area contributed by atoms with Gasteiger partial charge in [-0.05, 0) is 24.6 Å². The van der Waals surface area contributed by atoms with Gasteiger partial charge in [0.2, 0.25) is 0 Å². The Balaban J connectivity index is 0.00000108. The zero-order valence-electron chi connectivity index (χ0n) is 8.89. The molecule has 1 aliphatic rings. The minimum Gasteiger partial charge on any atom is -0.392 e. The lowest BCUT2D eigenvalue weighted by Crippen LogP contribution is -2.14. The molecular formula is C11H12Cl2N2OS. The van der Waals surface area contributed by atoms with Crippen molar-refractivity contribution in [3.8, 4) is 0 Å². The first kappa shape index (κ1) is 13.1. The molecule has 0 amide bonds. The summed E-state index contributed by atoms with van der Waals surface area (Å²) in [5.41, 5.74) is 0.940. The molecule has 1 aromatic heterocycles. The number of thiazole rings is 1. The van der Waals surface area contributed by atoms with Gasteiger partial charge in [-0.15, -0.1) is 23.7 Å². The topological polar surface area (TPSA) is 45.1 Å². The summed E-state index contributed by atoms with van der Waals surface area (Å²) in [4.78, 5) is 4.55. The Kier molecular flexibility index (Phi) is 3.90. The molecule has 0 unspecified atom stereocenters. The molecule has 0 spiro atoms. The Hall–Kier alpha value is -0.390. The Morgan fingerprint density at radius 2 is 2.29 bits per heavy atom. The molecule has 0 radical (unpaired) electrons. The third-order valence-corrected chi connectivity index (χ3v) is 4.16. The molecule has 0 aliphatic carbocycles. The van der Waals surface area contributed by atoms with Gasteiger partial charge in [-0.3, -0.25) is 0 Å². The molecule has 1 aromatic carbocycles. The van der Waals surface area contributed by atoms with Crippen molar-refractivity contribution in [3.63, 3.8) is 0 Å². The van der Waals surface area contributed by atoms with Gasteiger partial charge >= 0.3 is 0 Å². The molecule has 1 fully saturated rings. The summed E-state index contributed by atoms with van der Waals surface area (Å²) in [5.74, 6) is 0. The highest BCUT2D eigenvalue weighted by Crippen LogP contribution is 2.31. The van der Waals surface area contributed by atoms with Crippen LogP contribution in [0, 0.1) is 0 Å². The lowest BCUT2D eigenvalue weighted by atomic mass is 10.2. The van der Waals surface area contributed by atoms with Crippen molar-refractivity contribution in [3.05, 3.63) is 28.2 Å². The molecule has 1 saturated heterocycles. The first-order chi connectivity index (χ1) is 7.72. The lowest BCUT2D eigenvalue weighted by molar-refractivity contribution is 0.193. The average Bonchev–Trinajstić information content (AvgIpc) is 2.83. The molecular weight excluding hydrogens is 279 g/mol. The van der Waals surface area contributed by atoms with E-state index in [1.165, 1.54) is 0 Å². The maximum absolute atomic E-state index is 9.47. The summed E-state index contributed by atoms with van der Waals surface area (Å²) in [7, 11) is 0. The van der Waals surface area contributed by atoms with Crippen molar-refractivity contribution in [2.45, 2.75) is 18.6 Å². The second kappa shape index (κ2) is 5.08. The second-order valence-electron chi connectivity index (χ2n) is 4.01. The number of fused-ring (bicyclic) bond motifs is 1. The predicted octanol–water partition coefficient (Wildman–Crippen LogP) is 2.77. The van der Waals surface area contributed by atoms with Crippen molar-refractivity contribution in [1.82, 2.24) is 10.3 Å². The zero-order valence-corrected chi connectivity index (χ0v) is 11.3. The van der Waals surface area contributed by atoms with Gasteiger partial charge in [0, 0.05) is 11.6 Å². The number of nitrogens with zero attached hydrogens (tertiary/aromatic N) is 1. The quantitative estimate of drug-likeness (QED) is 0.849. The van der Waals surface area contributed by atoms with Crippen LogP contribution in [0.15, 0.2) is 18.2 Å². The van der Waals surface area contributed by atoms with E-state index in [1.807, 2.05) is 18.2 Å². The summed E-state index contributed by atoms with van der Waals surface area (Å²) in [6, 6.07) is 5.93. The summed E-state index contributed by atoms with van der Waals surface area (Å²) in [6.45, 7) is 0.654. The molecule has 3 nitrogen and oxygen atoms in total. The van der Waals surface area contributed by atoms with Gasteiger partial charge in [0.15, 0.2) is 0 Å². The van der Waals surface area contributed by atoms with Gasteiger partial charge in [0.05, 0.1) is 22.4 Å². The average molecular weight is 291 g/mol. The van der Waals surface area contributed by atoms with E-state index >= 15 is 0 Å². The summed E-state index contributed by atoms with van der Waals surface area (Å²) < 4.78 is 1.14. The van der Waals surface area contributed by atoms with Crippen LogP contribution in [0.1, 0.15) is 17.5 Å². The number of β-amino-alcohol motifs (C(OH)–C–C–N with tert-alkyl or cyclic N) is 1. The van der Waals surface area contributed by atoms with Crippen molar-refractivity contribution in [2.75, 3.05) is 6.54 Å². The molecule has 6 heteroatoms. The fraction of sp³-hybridized carbons (Fsp3) is 0.364. The third kappa shape index (κ3) is 2.56. The molecule has 0 bridgehead atoms. The van der Waals surface area contributed by atoms with E-state index < -0.39 is 0 Å². The standard InChI is InChI=1S/C11H11ClN2OS.ClH/c12-6-1-2-10-8(3-6)14-11(16-10)9-4-7(15)5-13-9;/h1-3,7,9,13,15H,4-5H2;1H/t7-,9+;/m1./s1. The molecule has 2 aromatic rings. The van der Waals surface area contributed by atoms with E-state index in [2.05, 4.69) is 10.3 Å². The first-order valence-electron chi connectivity index (χ1n) is 5.20. The normalized spacial score (nSPS) is 23.9. The number of nitrogens with one attached hydrogen (secondary N) is 1. The lowest BCUT2D eigenvalue weighted by Gasteiger charge is -2.03. The second-order valence-corrected chi connectivity index (χ2v) is 5.51. The fourth-order valence-electron chi connectivity index (χ4n) is 1.97. The van der Waals surface area contributed by atoms with E-state index in [0.29, 0.717) is 11.6 Å². The highest BCUT2D eigenvalue weighted by Gasteiger charge is 2.25. The fourth-order valence-corrected chi connectivity index (χ4v) is 3.18. The van der Waals surface area contributed by atoms with Crippen LogP contribution >= 0.6 is 35.3 Å². The highest BCUT2D eigenvalue weighted by molar-refractivity contribution is 7.18. The van der Waals surface area contributed by atoms with Crippen molar-refractivity contribution in [2.24, 2.45) is 0 Å². The van der Waals surface area contributed by atoms with Gasteiger partial charge in [0.1, 0.15) is 5.01 Å². The molecule has 1 aliphatic heterocycles. The van der Waals surface area contributed by atoms with Gasteiger partial charge in [-0.25, -0.2) is 4.98 Å². The van der Waals surface area contributed by atoms with Crippen molar-refractivity contribution >= 4 is 45.6 Å². The molecule has 3 rings (SSSR count). The molecule has 92 valence electrons. The van der Waals surface area contributed by atoms with Crippen LogP contribution in [0.3, 0.4) is 0 Å². The largest absolute Gasteiger partial charge is 0.392 e. The van der Waals surface area contributed by atoms with E-state index in [9.17, 15) is 5.11 Å². The van der Waals surface area contributed by atoms with E-state index in [-0.39, 0.29) is 24.6 Å². The minimum atomic E-state index is -0.249. The Bertz CT molecular complexity index is 531. The van der Waals surface area contributed by atoms with Crippen LogP contribution in [-0.4, -0.2) is 22.7 Å². The third-order valence-electron chi connectivity index (χ3n) is 2.77.